The molecule has 0 aliphatic carbocycles. The fourth-order valence-corrected chi connectivity index (χ4v) is 7.47. The standard InChI is InChI=1S/C36H21NOS/c1-4-15-29-25(11-1)26-12-2-5-16-30(26)37(29)23-10-7-9-22(21-23)24-14-8-18-32-34(24)35-33(39-32)20-19-28-27-13-3-6-17-31(27)38-36(28)35/h1-21H. The van der Waals surface area contributed by atoms with Crippen molar-refractivity contribution in [3.63, 3.8) is 0 Å². The van der Waals surface area contributed by atoms with Gasteiger partial charge >= 0.3 is 0 Å². The minimum Gasteiger partial charge on any atom is -0.455 e. The van der Waals surface area contributed by atoms with E-state index in [1.54, 1.807) is 0 Å². The zero-order valence-corrected chi connectivity index (χ0v) is 21.7. The zero-order valence-electron chi connectivity index (χ0n) is 20.9. The lowest BCUT2D eigenvalue weighted by molar-refractivity contribution is 0.673. The minimum atomic E-state index is 0.935. The van der Waals surface area contributed by atoms with E-state index >= 15 is 0 Å². The van der Waals surface area contributed by atoms with Gasteiger partial charge in [-0.05, 0) is 59.7 Å². The molecule has 0 amide bonds. The smallest absolute Gasteiger partial charge is 0.144 e. The molecular weight excluding hydrogens is 494 g/mol. The third-order valence-electron chi connectivity index (χ3n) is 8.00. The van der Waals surface area contributed by atoms with Crippen LogP contribution in [-0.4, -0.2) is 4.57 Å². The maximum atomic E-state index is 6.50. The number of rotatable bonds is 2. The van der Waals surface area contributed by atoms with Gasteiger partial charge in [0.1, 0.15) is 11.2 Å². The molecule has 39 heavy (non-hydrogen) atoms. The fourth-order valence-electron chi connectivity index (χ4n) is 6.34. The average molecular weight is 516 g/mol. The molecule has 0 unspecified atom stereocenters. The number of hydrogen-bond donors (Lipinski definition) is 0. The summed E-state index contributed by atoms with van der Waals surface area (Å²) >= 11 is 1.84. The van der Waals surface area contributed by atoms with Crippen molar-refractivity contribution in [1.82, 2.24) is 4.57 Å². The van der Waals surface area contributed by atoms with Crippen LogP contribution >= 0.6 is 11.3 Å². The Kier molecular flexibility index (Phi) is 4.24. The van der Waals surface area contributed by atoms with Crippen molar-refractivity contribution in [2.75, 3.05) is 0 Å². The van der Waals surface area contributed by atoms with E-state index in [1.165, 1.54) is 63.9 Å². The zero-order chi connectivity index (χ0) is 25.5. The Hall–Kier alpha value is -4.86. The molecular formula is C36H21NOS. The van der Waals surface area contributed by atoms with Crippen molar-refractivity contribution >= 4 is 75.3 Å². The Balaban J connectivity index is 1.35. The third kappa shape index (κ3) is 2.91. The first-order valence-electron chi connectivity index (χ1n) is 13.2. The Bertz CT molecular complexity index is 2350. The van der Waals surface area contributed by atoms with E-state index in [9.17, 15) is 0 Å². The summed E-state index contributed by atoms with van der Waals surface area (Å²) < 4.78 is 11.4. The van der Waals surface area contributed by atoms with Crippen LogP contribution < -0.4 is 0 Å². The van der Waals surface area contributed by atoms with Crippen molar-refractivity contribution in [2.24, 2.45) is 0 Å². The average Bonchev–Trinajstić information content (AvgIpc) is 3.66. The third-order valence-corrected chi connectivity index (χ3v) is 9.12. The Morgan fingerprint density at radius 3 is 2.03 bits per heavy atom. The molecule has 182 valence electrons. The topological polar surface area (TPSA) is 18.1 Å². The number of benzene rings is 6. The molecule has 0 radical (unpaired) electrons. The largest absolute Gasteiger partial charge is 0.455 e. The number of furan rings is 1. The summed E-state index contributed by atoms with van der Waals surface area (Å²) in [6.45, 7) is 0. The maximum absolute atomic E-state index is 6.50. The fraction of sp³-hybridized carbons (Fsp3) is 0. The highest BCUT2D eigenvalue weighted by Crippen LogP contribution is 2.45. The number of aromatic nitrogens is 1. The second-order valence-electron chi connectivity index (χ2n) is 10.1. The van der Waals surface area contributed by atoms with Crippen molar-refractivity contribution < 1.29 is 4.42 Å². The van der Waals surface area contributed by atoms with Gasteiger partial charge in [0, 0.05) is 47.4 Å². The first-order valence-corrected chi connectivity index (χ1v) is 14.0. The summed E-state index contributed by atoms with van der Waals surface area (Å²) in [5.41, 5.74) is 7.95. The molecule has 2 nitrogen and oxygen atoms in total. The Morgan fingerprint density at radius 2 is 1.21 bits per heavy atom. The number of para-hydroxylation sites is 3. The summed E-state index contributed by atoms with van der Waals surface area (Å²) in [5.74, 6) is 0. The number of thiophene rings is 1. The Morgan fingerprint density at radius 1 is 0.513 bits per heavy atom. The lowest BCUT2D eigenvalue weighted by atomic mass is 9.98. The van der Waals surface area contributed by atoms with Gasteiger partial charge in [0.25, 0.3) is 0 Å². The van der Waals surface area contributed by atoms with Crippen molar-refractivity contribution in [3.8, 4) is 16.8 Å². The van der Waals surface area contributed by atoms with Crippen molar-refractivity contribution in [2.45, 2.75) is 0 Å². The predicted molar refractivity (Wildman–Crippen MR) is 166 cm³/mol. The van der Waals surface area contributed by atoms with Gasteiger partial charge in [-0.3, -0.25) is 0 Å². The maximum Gasteiger partial charge on any atom is 0.144 e. The summed E-state index contributed by atoms with van der Waals surface area (Å²) in [7, 11) is 0. The van der Waals surface area contributed by atoms with Gasteiger partial charge in [0.05, 0.1) is 11.0 Å². The second kappa shape index (κ2) is 7.83. The summed E-state index contributed by atoms with van der Waals surface area (Å²) in [6, 6.07) is 45.8. The Labute approximate surface area is 227 Å². The van der Waals surface area contributed by atoms with Gasteiger partial charge < -0.3 is 8.98 Å². The van der Waals surface area contributed by atoms with E-state index < -0.39 is 0 Å². The van der Waals surface area contributed by atoms with Gasteiger partial charge in [-0.15, -0.1) is 11.3 Å². The molecule has 3 heterocycles. The molecule has 0 saturated carbocycles. The molecule has 6 aromatic carbocycles. The quantitative estimate of drug-likeness (QED) is 0.224. The van der Waals surface area contributed by atoms with Crippen LogP contribution in [0.5, 0.6) is 0 Å². The molecule has 0 aliphatic rings. The monoisotopic (exact) mass is 515 g/mol. The molecule has 9 rings (SSSR count). The number of nitrogens with zero attached hydrogens (tertiary/aromatic N) is 1. The van der Waals surface area contributed by atoms with Crippen molar-refractivity contribution in [3.05, 3.63) is 127 Å². The van der Waals surface area contributed by atoms with Gasteiger partial charge in [0.15, 0.2) is 0 Å². The number of hydrogen-bond acceptors (Lipinski definition) is 2. The highest BCUT2D eigenvalue weighted by molar-refractivity contribution is 7.26. The van der Waals surface area contributed by atoms with Gasteiger partial charge in [-0.2, -0.15) is 0 Å². The van der Waals surface area contributed by atoms with Crippen LogP contribution in [0.25, 0.3) is 80.7 Å². The molecule has 0 bridgehead atoms. The molecule has 0 aliphatic heterocycles. The molecule has 0 spiro atoms. The first-order chi connectivity index (χ1) is 19.3. The van der Waals surface area contributed by atoms with E-state index in [0.29, 0.717) is 0 Å². The van der Waals surface area contributed by atoms with Crippen LogP contribution in [0.1, 0.15) is 0 Å². The van der Waals surface area contributed by atoms with Crippen LogP contribution in [0, 0.1) is 0 Å². The summed E-state index contributed by atoms with van der Waals surface area (Å²) in [6.07, 6.45) is 0. The van der Waals surface area contributed by atoms with Gasteiger partial charge in [-0.1, -0.05) is 78.9 Å². The van der Waals surface area contributed by atoms with E-state index in [-0.39, 0.29) is 0 Å². The lowest BCUT2D eigenvalue weighted by Gasteiger charge is -2.11. The van der Waals surface area contributed by atoms with Crippen LogP contribution in [0.15, 0.2) is 132 Å². The van der Waals surface area contributed by atoms with Crippen LogP contribution in [0.3, 0.4) is 0 Å². The molecule has 9 aromatic rings. The van der Waals surface area contributed by atoms with Crippen LogP contribution in [0.4, 0.5) is 0 Å². The molecule has 0 atom stereocenters. The van der Waals surface area contributed by atoms with Crippen LogP contribution in [-0.2, 0) is 0 Å². The molecule has 0 saturated heterocycles. The van der Waals surface area contributed by atoms with Crippen molar-refractivity contribution in [1.29, 1.82) is 0 Å². The molecule has 3 heteroatoms. The van der Waals surface area contributed by atoms with E-state index in [0.717, 1.165) is 16.9 Å². The predicted octanol–water partition coefficient (Wildman–Crippen LogP) is 10.7. The number of fused-ring (bicyclic) bond motifs is 10. The van der Waals surface area contributed by atoms with Gasteiger partial charge in [-0.25, -0.2) is 0 Å². The van der Waals surface area contributed by atoms with E-state index in [4.69, 9.17) is 4.42 Å². The summed E-state index contributed by atoms with van der Waals surface area (Å²) in [4.78, 5) is 0. The highest BCUT2D eigenvalue weighted by Gasteiger charge is 2.18. The summed E-state index contributed by atoms with van der Waals surface area (Å²) in [5, 5.41) is 7.36. The normalized spacial score (nSPS) is 12.1. The van der Waals surface area contributed by atoms with E-state index in [1.807, 2.05) is 17.4 Å². The molecule has 3 aromatic heterocycles. The first kappa shape index (κ1) is 21.1. The molecule has 0 fully saturated rings. The lowest BCUT2D eigenvalue weighted by Crippen LogP contribution is -1.94. The van der Waals surface area contributed by atoms with E-state index in [2.05, 4.69) is 126 Å². The van der Waals surface area contributed by atoms with Gasteiger partial charge in [0.2, 0.25) is 0 Å². The highest BCUT2D eigenvalue weighted by atomic mass is 32.1. The SMILES string of the molecule is c1cc(-c2cccc3sc4ccc5c6ccccc6oc5c4c23)cc(-n2c3ccccc3c3ccccc32)c1. The van der Waals surface area contributed by atoms with Crippen LogP contribution in [0.2, 0.25) is 0 Å². The second-order valence-corrected chi connectivity index (χ2v) is 11.2. The minimum absolute atomic E-state index is 0.935. The molecule has 0 N–H and O–H groups in total.